The van der Waals surface area contributed by atoms with Crippen LogP contribution in [-0.4, -0.2) is 30.2 Å². The van der Waals surface area contributed by atoms with Crippen molar-refractivity contribution in [3.8, 4) is 0 Å². The van der Waals surface area contributed by atoms with E-state index in [-0.39, 0.29) is 19.4 Å². The highest BCUT2D eigenvalue weighted by atomic mass is 19.3. The van der Waals surface area contributed by atoms with Gasteiger partial charge < -0.3 is 10.4 Å². The summed E-state index contributed by atoms with van der Waals surface area (Å²) in [4.78, 5) is 0. The molecule has 1 rings (SSSR count). The van der Waals surface area contributed by atoms with E-state index in [1.165, 1.54) is 0 Å². The minimum absolute atomic E-state index is 0.108. The van der Waals surface area contributed by atoms with Crippen LogP contribution in [0.4, 0.5) is 8.78 Å². The Balaban J connectivity index is 2.40. The van der Waals surface area contributed by atoms with Crippen LogP contribution in [0.1, 0.15) is 12.8 Å². The van der Waals surface area contributed by atoms with Crippen LogP contribution in [0.25, 0.3) is 0 Å². The summed E-state index contributed by atoms with van der Waals surface area (Å²) in [6.07, 6.45) is -0.340. The number of piperidine rings is 1. The van der Waals surface area contributed by atoms with Crippen molar-refractivity contribution in [2.24, 2.45) is 0 Å². The molecule has 1 atom stereocenters. The smallest absolute Gasteiger partial charge is 0.250 e. The summed E-state index contributed by atoms with van der Waals surface area (Å²) in [6, 6.07) is -0.413. The Kier molecular flexibility index (Phi) is 2.21. The Morgan fingerprint density at radius 3 is 2.70 bits per heavy atom. The van der Waals surface area contributed by atoms with E-state index < -0.39 is 12.0 Å². The van der Waals surface area contributed by atoms with Crippen LogP contribution < -0.4 is 5.32 Å². The fourth-order valence-electron chi connectivity index (χ4n) is 1.12. The second-order valence-electron chi connectivity index (χ2n) is 2.64. The van der Waals surface area contributed by atoms with E-state index in [1.54, 1.807) is 0 Å². The fourth-order valence-corrected chi connectivity index (χ4v) is 1.12. The van der Waals surface area contributed by atoms with Gasteiger partial charge in [-0.05, 0) is 0 Å². The van der Waals surface area contributed by atoms with Gasteiger partial charge in [-0.15, -0.1) is 0 Å². The molecule has 0 spiro atoms. The Labute approximate surface area is 58.2 Å². The fraction of sp³-hybridized carbons (Fsp3) is 1.00. The van der Waals surface area contributed by atoms with E-state index in [0.717, 1.165) is 0 Å². The zero-order chi connectivity index (χ0) is 7.61. The molecule has 2 nitrogen and oxygen atoms in total. The lowest BCUT2D eigenvalue weighted by atomic mass is 10.0. The number of aliphatic hydroxyl groups excluding tert-OH is 1. The van der Waals surface area contributed by atoms with Crippen molar-refractivity contribution in [3.63, 3.8) is 0 Å². The molecule has 60 valence electrons. The predicted molar refractivity (Wildman–Crippen MR) is 33.1 cm³/mol. The highest BCUT2D eigenvalue weighted by molar-refractivity contribution is 4.82. The second-order valence-corrected chi connectivity index (χ2v) is 2.64. The molecule has 0 aromatic carbocycles. The molecule has 0 saturated carbocycles. The van der Waals surface area contributed by atoms with Crippen molar-refractivity contribution >= 4 is 0 Å². The van der Waals surface area contributed by atoms with E-state index >= 15 is 0 Å². The second kappa shape index (κ2) is 2.80. The third kappa shape index (κ3) is 1.88. The summed E-state index contributed by atoms with van der Waals surface area (Å²) in [5, 5.41) is 11.3. The Morgan fingerprint density at radius 1 is 1.60 bits per heavy atom. The molecule has 2 N–H and O–H groups in total. The van der Waals surface area contributed by atoms with Gasteiger partial charge in [-0.25, -0.2) is 8.78 Å². The van der Waals surface area contributed by atoms with Gasteiger partial charge in [0.05, 0.1) is 6.61 Å². The van der Waals surface area contributed by atoms with E-state index in [4.69, 9.17) is 5.11 Å². The first-order valence-electron chi connectivity index (χ1n) is 3.36. The zero-order valence-electron chi connectivity index (χ0n) is 5.61. The summed E-state index contributed by atoms with van der Waals surface area (Å²) >= 11 is 0. The van der Waals surface area contributed by atoms with Crippen molar-refractivity contribution in [1.82, 2.24) is 5.32 Å². The molecule has 1 saturated heterocycles. The normalized spacial score (nSPS) is 32.1. The molecule has 0 bridgehead atoms. The Bertz CT molecular complexity index is 118. The summed E-state index contributed by atoms with van der Waals surface area (Å²) in [5.74, 6) is -2.57. The Hall–Kier alpha value is -0.220. The number of alkyl halides is 2. The molecule has 10 heavy (non-hydrogen) atoms. The van der Waals surface area contributed by atoms with Gasteiger partial charge in [-0.2, -0.15) is 0 Å². The molecule has 0 aliphatic carbocycles. The van der Waals surface area contributed by atoms with Crippen LogP contribution >= 0.6 is 0 Å². The Morgan fingerprint density at radius 2 is 2.30 bits per heavy atom. The average molecular weight is 151 g/mol. The van der Waals surface area contributed by atoms with Gasteiger partial charge in [0.2, 0.25) is 0 Å². The molecule has 0 amide bonds. The van der Waals surface area contributed by atoms with Crippen LogP contribution in [0.15, 0.2) is 0 Å². The number of aliphatic hydroxyl groups is 1. The molecular weight excluding hydrogens is 140 g/mol. The molecule has 4 heteroatoms. The van der Waals surface area contributed by atoms with Crippen molar-refractivity contribution in [1.29, 1.82) is 0 Å². The van der Waals surface area contributed by atoms with Gasteiger partial charge >= 0.3 is 0 Å². The summed E-state index contributed by atoms with van der Waals surface area (Å²) < 4.78 is 25.0. The number of hydrogen-bond donors (Lipinski definition) is 2. The molecule has 0 radical (unpaired) electrons. The number of nitrogens with one attached hydrogen (secondary N) is 1. The molecule has 1 aliphatic heterocycles. The predicted octanol–water partition coefficient (Wildman–Crippen LogP) is 0.366. The number of hydrogen-bond acceptors (Lipinski definition) is 2. The lowest BCUT2D eigenvalue weighted by Gasteiger charge is -2.28. The highest BCUT2D eigenvalue weighted by Crippen LogP contribution is 2.26. The lowest BCUT2D eigenvalue weighted by Crippen LogP contribution is -2.45. The van der Waals surface area contributed by atoms with Crippen LogP contribution in [0.5, 0.6) is 0 Å². The standard InChI is InChI=1S/C6H11F2NO/c7-6(8)1-2-9-5(3-6)4-10/h5,9-10H,1-4H2/t5-/m1/s1. The first kappa shape index (κ1) is 7.88. The van der Waals surface area contributed by atoms with Crippen LogP contribution in [0.2, 0.25) is 0 Å². The van der Waals surface area contributed by atoms with Crippen molar-refractivity contribution in [2.75, 3.05) is 13.2 Å². The van der Waals surface area contributed by atoms with Gasteiger partial charge in [0.25, 0.3) is 5.92 Å². The molecule has 0 unspecified atom stereocenters. The van der Waals surface area contributed by atoms with Crippen LogP contribution in [-0.2, 0) is 0 Å². The summed E-state index contributed by atoms with van der Waals surface area (Å²) in [7, 11) is 0. The van der Waals surface area contributed by atoms with Gasteiger partial charge in [0, 0.05) is 25.4 Å². The topological polar surface area (TPSA) is 32.3 Å². The van der Waals surface area contributed by atoms with Crippen LogP contribution in [0, 0.1) is 0 Å². The van der Waals surface area contributed by atoms with E-state index in [0.29, 0.717) is 6.54 Å². The van der Waals surface area contributed by atoms with Gasteiger partial charge in [-0.3, -0.25) is 0 Å². The maximum Gasteiger partial charge on any atom is 0.250 e. The van der Waals surface area contributed by atoms with Crippen molar-refractivity contribution in [2.45, 2.75) is 24.8 Å². The minimum Gasteiger partial charge on any atom is -0.395 e. The maximum absolute atomic E-state index is 12.5. The average Bonchev–Trinajstić information content (AvgIpc) is 1.86. The van der Waals surface area contributed by atoms with Crippen molar-refractivity contribution < 1.29 is 13.9 Å². The van der Waals surface area contributed by atoms with Gasteiger partial charge in [0.15, 0.2) is 0 Å². The van der Waals surface area contributed by atoms with E-state index in [2.05, 4.69) is 5.32 Å². The summed E-state index contributed by atoms with van der Waals surface area (Å²) in [5.41, 5.74) is 0. The monoisotopic (exact) mass is 151 g/mol. The van der Waals surface area contributed by atoms with Gasteiger partial charge in [-0.1, -0.05) is 0 Å². The number of rotatable bonds is 1. The molecule has 0 aromatic rings. The molecule has 1 heterocycles. The number of halogens is 2. The first-order valence-corrected chi connectivity index (χ1v) is 3.36. The first-order chi connectivity index (χ1) is 4.64. The quantitative estimate of drug-likeness (QED) is 0.567. The molecular formula is C6H11F2NO. The van der Waals surface area contributed by atoms with Crippen LogP contribution in [0.3, 0.4) is 0 Å². The highest BCUT2D eigenvalue weighted by Gasteiger charge is 2.35. The van der Waals surface area contributed by atoms with E-state index in [9.17, 15) is 8.78 Å². The molecule has 0 aromatic heterocycles. The largest absolute Gasteiger partial charge is 0.395 e. The third-order valence-corrected chi connectivity index (χ3v) is 1.69. The minimum atomic E-state index is -2.57. The maximum atomic E-state index is 12.5. The van der Waals surface area contributed by atoms with Gasteiger partial charge in [0.1, 0.15) is 0 Å². The SMILES string of the molecule is OC[C@H]1CC(F)(F)CCN1. The third-order valence-electron chi connectivity index (χ3n) is 1.69. The molecule has 1 aliphatic rings. The summed E-state index contributed by atoms with van der Waals surface area (Å²) in [6.45, 7) is 0.105. The zero-order valence-corrected chi connectivity index (χ0v) is 5.61. The lowest BCUT2D eigenvalue weighted by molar-refractivity contribution is -0.0472. The molecule has 1 fully saturated rings. The van der Waals surface area contributed by atoms with E-state index in [1.807, 2.05) is 0 Å². The van der Waals surface area contributed by atoms with Crippen molar-refractivity contribution in [3.05, 3.63) is 0 Å².